The normalized spacial score (nSPS) is 8.20. The number of hydrogen-bond acceptors (Lipinski definition) is 2. The number of ether oxygens (including phenoxy) is 1. The predicted molar refractivity (Wildman–Crippen MR) is 46.0 cm³/mol. The monoisotopic (exact) mass is 163 g/mol. The van der Waals surface area contributed by atoms with Gasteiger partial charge < -0.3 is 4.74 Å². The van der Waals surface area contributed by atoms with Gasteiger partial charge >= 0.3 is 0 Å². The number of hydrogen-bond donors (Lipinski definition) is 1. The molecular weight excluding hydrogens is 155 g/mol. The van der Waals surface area contributed by atoms with E-state index in [1.54, 1.807) is 7.11 Å². The third-order valence-electron chi connectivity index (χ3n) is 1.05. The maximum atomic E-state index is 4.95. The van der Waals surface area contributed by atoms with Gasteiger partial charge in [-0.2, -0.15) is 0 Å². The first kappa shape index (κ1) is 10.4. The summed E-state index contributed by atoms with van der Waals surface area (Å²) in [5.74, 6) is 0.850. The number of rotatable bonds is 1. The molecule has 3 heteroatoms. The summed E-state index contributed by atoms with van der Waals surface area (Å²) in [5.41, 5.74) is 0. The van der Waals surface area contributed by atoms with Crippen molar-refractivity contribution in [2.75, 3.05) is 7.11 Å². The molecule has 0 spiro atoms. The Kier molecular flexibility index (Phi) is 5.27. The Morgan fingerprint density at radius 3 is 2.50 bits per heavy atom. The molecule has 0 N–H and O–H groups in total. The smallest absolute Gasteiger partial charge is 0.119 e. The quantitative estimate of drug-likeness (QED) is 0.488. The Bertz CT molecular complexity index is 203. The number of methoxy groups -OCH3 is 1. The van der Waals surface area contributed by atoms with Gasteiger partial charge in [0.05, 0.1) is 7.11 Å². The minimum atomic E-state index is 0. The molecule has 1 radical (unpaired) electrons. The number of thiol groups is 1. The molecule has 0 fully saturated rings. The van der Waals surface area contributed by atoms with Gasteiger partial charge in [0.1, 0.15) is 5.75 Å². The molecule has 0 heterocycles. The van der Waals surface area contributed by atoms with Crippen LogP contribution >= 0.6 is 12.6 Å². The molecule has 0 saturated heterocycles. The fourth-order valence-electron chi connectivity index (χ4n) is 0.610. The molecule has 1 rings (SSSR count). The summed E-state index contributed by atoms with van der Waals surface area (Å²) >= 11 is 4.13. The van der Waals surface area contributed by atoms with Gasteiger partial charge in [0, 0.05) is 34.5 Å². The van der Waals surface area contributed by atoms with Crippen LogP contribution in [0, 0.1) is 0 Å². The van der Waals surface area contributed by atoms with E-state index in [1.165, 1.54) is 0 Å². The van der Waals surface area contributed by atoms with Crippen LogP contribution in [0.5, 0.6) is 5.75 Å². The average molecular weight is 163 g/mol. The van der Waals surface area contributed by atoms with Crippen LogP contribution < -0.4 is 4.74 Å². The summed E-state index contributed by atoms with van der Waals surface area (Å²) in [6, 6.07) is 7.57. The first-order valence-corrected chi connectivity index (χ1v) is 3.10. The molecule has 0 atom stereocenters. The van der Waals surface area contributed by atoms with E-state index in [1.807, 2.05) is 24.3 Å². The van der Waals surface area contributed by atoms with E-state index < -0.39 is 0 Å². The molecule has 0 amide bonds. The molecule has 0 saturated carbocycles. The zero-order valence-electron chi connectivity index (χ0n) is 6.16. The van der Waals surface area contributed by atoms with Crippen molar-refractivity contribution in [3.63, 3.8) is 0 Å². The van der Waals surface area contributed by atoms with E-state index in [4.69, 9.17) is 4.74 Å². The van der Waals surface area contributed by atoms with Crippen LogP contribution in [-0.2, 0) is 0 Å². The Balaban J connectivity index is 0.000000810. The van der Waals surface area contributed by atoms with E-state index in [2.05, 4.69) is 12.6 Å². The summed E-state index contributed by atoms with van der Waals surface area (Å²) in [5, 5.41) is 0. The summed E-state index contributed by atoms with van der Waals surface area (Å²) in [4.78, 5) is 0.925. The second-order valence-electron chi connectivity index (χ2n) is 1.70. The van der Waals surface area contributed by atoms with Crippen molar-refractivity contribution in [3.8, 4) is 5.75 Å². The van der Waals surface area contributed by atoms with Crippen LogP contribution in [0.2, 0.25) is 0 Å². The van der Waals surface area contributed by atoms with Crippen LogP contribution in [0.15, 0.2) is 29.2 Å². The minimum Gasteiger partial charge on any atom is -0.497 e. The maximum absolute atomic E-state index is 4.95. The van der Waals surface area contributed by atoms with Crippen molar-refractivity contribution in [2.45, 2.75) is 4.90 Å². The molecule has 0 aromatic heterocycles. The Hall–Kier alpha value is 0.370. The average Bonchev–Trinajstić information content (AvgIpc) is 1.88. The van der Waals surface area contributed by atoms with Crippen LogP contribution in [0.3, 0.4) is 0 Å². The van der Waals surface area contributed by atoms with E-state index in [-0.39, 0.29) is 29.6 Å². The summed E-state index contributed by atoms with van der Waals surface area (Å²) < 4.78 is 4.95. The molecule has 10 heavy (non-hydrogen) atoms. The summed E-state index contributed by atoms with van der Waals surface area (Å²) in [7, 11) is 1.64. The maximum Gasteiger partial charge on any atom is 0.119 e. The van der Waals surface area contributed by atoms with Crippen molar-refractivity contribution in [1.82, 2.24) is 0 Å². The van der Waals surface area contributed by atoms with Gasteiger partial charge in [-0.3, -0.25) is 0 Å². The Morgan fingerprint density at radius 2 is 2.10 bits per heavy atom. The standard InChI is InChI=1S/C7H8OS.Na/c1-8-6-3-2-4-7(9)5-6;/h2-5,9H,1H3;. The van der Waals surface area contributed by atoms with Crippen LogP contribution in [0.1, 0.15) is 0 Å². The molecular formula is C7H8NaOS. The van der Waals surface area contributed by atoms with Crippen LogP contribution in [0.25, 0.3) is 0 Å². The third kappa shape index (κ3) is 2.97. The first-order chi connectivity index (χ1) is 4.33. The summed E-state index contributed by atoms with van der Waals surface area (Å²) in [6.07, 6.45) is 0. The topological polar surface area (TPSA) is 9.23 Å². The van der Waals surface area contributed by atoms with E-state index in [0.29, 0.717) is 0 Å². The van der Waals surface area contributed by atoms with Crippen LogP contribution in [-0.4, -0.2) is 36.7 Å². The molecule has 0 aliphatic rings. The van der Waals surface area contributed by atoms with Gasteiger partial charge in [-0.05, 0) is 18.2 Å². The van der Waals surface area contributed by atoms with Crippen molar-refractivity contribution in [1.29, 1.82) is 0 Å². The van der Waals surface area contributed by atoms with Gasteiger partial charge in [-0.25, -0.2) is 0 Å². The Morgan fingerprint density at radius 1 is 1.40 bits per heavy atom. The number of benzene rings is 1. The predicted octanol–water partition coefficient (Wildman–Crippen LogP) is 1.60. The molecule has 1 aromatic carbocycles. The molecule has 0 aliphatic carbocycles. The van der Waals surface area contributed by atoms with E-state index in [0.717, 1.165) is 10.6 Å². The van der Waals surface area contributed by atoms with Gasteiger partial charge in [0.25, 0.3) is 0 Å². The van der Waals surface area contributed by atoms with Gasteiger partial charge in [-0.1, -0.05) is 6.07 Å². The second kappa shape index (κ2) is 5.08. The van der Waals surface area contributed by atoms with Crippen molar-refractivity contribution < 1.29 is 4.74 Å². The van der Waals surface area contributed by atoms with Gasteiger partial charge in [-0.15, -0.1) is 12.6 Å². The van der Waals surface area contributed by atoms with Crippen molar-refractivity contribution in [2.24, 2.45) is 0 Å². The van der Waals surface area contributed by atoms with Gasteiger partial charge in [0.2, 0.25) is 0 Å². The van der Waals surface area contributed by atoms with Crippen LogP contribution in [0.4, 0.5) is 0 Å². The SMILES string of the molecule is COc1cccc(S)c1.[Na]. The Labute approximate surface area is 88.5 Å². The summed E-state index contributed by atoms with van der Waals surface area (Å²) in [6.45, 7) is 0. The minimum absolute atomic E-state index is 0. The van der Waals surface area contributed by atoms with Crippen molar-refractivity contribution in [3.05, 3.63) is 24.3 Å². The fourth-order valence-corrected chi connectivity index (χ4v) is 0.824. The largest absolute Gasteiger partial charge is 0.497 e. The second-order valence-corrected chi connectivity index (χ2v) is 2.22. The van der Waals surface area contributed by atoms with E-state index in [9.17, 15) is 0 Å². The van der Waals surface area contributed by atoms with E-state index >= 15 is 0 Å². The molecule has 0 aliphatic heterocycles. The first-order valence-electron chi connectivity index (χ1n) is 2.66. The van der Waals surface area contributed by atoms with Gasteiger partial charge in [0.15, 0.2) is 0 Å². The molecule has 0 bridgehead atoms. The molecule has 0 unspecified atom stereocenters. The third-order valence-corrected chi connectivity index (χ3v) is 1.33. The zero-order valence-corrected chi connectivity index (χ0v) is 9.06. The molecule has 49 valence electrons. The molecule has 1 aromatic rings. The fraction of sp³-hybridized carbons (Fsp3) is 0.143. The zero-order chi connectivity index (χ0) is 6.69. The molecule has 1 nitrogen and oxygen atoms in total. The van der Waals surface area contributed by atoms with Crippen molar-refractivity contribution >= 4 is 42.2 Å².